The fourth-order valence-electron chi connectivity index (χ4n) is 2.98. The van der Waals surface area contributed by atoms with Crippen molar-refractivity contribution in [2.75, 3.05) is 7.11 Å². The van der Waals surface area contributed by atoms with Crippen molar-refractivity contribution in [2.24, 2.45) is 0 Å². The summed E-state index contributed by atoms with van der Waals surface area (Å²) in [7, 11) is 1.65. The molecule has 110 valence electrons. The van der Waals surface area contributed by atoms with Crippen LogP contribution in [-0.4, -0.2) is 12.2 Å². The number of aryl methyl sites for hydroxylation is 2. The first-order valence-electron chi connectivity index (χ1n) is 7.29. The summed E-state index contributed by atoms with van der Waals surface area (Å²) >= 11 is 3.49. The second-order valence-corrected chi connectivity index (χ2v) is 6.42. The van der Waals surface area contributed by atoms with Crippen LogP contribution in [-0.2, 0) is 19.3 Å². The van der Waals surface area contributed by atoms with E-state index in [1.807, 2.05) is 18.2 Å². The number of aliphatic hydroxyl groups is 1. The third-order valence-electron chi connectivity index (χ3n) is 4.15. The van der Waals surface area contributed by atoms with Gasteiger partial charge in [0.1, 0.15) is 5.75 Å². The number of benzene rings is 2. The Balaban J connectivity index is 1.76. The molecule has 1 unspecified atom stereocenters. The molecule has 21 heavy (non-hydrogen) atoms. The third-order valence-corrected chi connectivity index (χ3v) is 4.77. The van der Waals surface area contributed by atoms with E-state index in [-0.39, 0.29) is 0 Å². The quantitative estimate of drug-likeness (QED) is 0.897. The van der Waals surface area contributed by atoms with Crippen LogP contribution in [0.4, 0.5) is 0 Å². The minimum atomic E-state index is -0.462. The molecule has 0 fully saturated rings. The summed E-state index contributed by atoms with van der Waals surface area (Å²) < 4.78 is 6.15. The number of halogens is 1. The molecule has 0 aliphatic heterocycles. The van der Waals surface area contributed by atoms with Gasteiger partial charge in [-0.3, -0.25) is 0 Å². The van der Waals surface area contributed by atoms with Gasteiger partial charge in [-0.15, -0.1) is 0 Å². The molecule has 0 heterocycles. The SMILES string of the molecule is COc1ccc(CC(O)c2ccc3c(c2)CCC3)cc1Br. The molecule has 1 N–H and O–H groups in total. The molecule has 2 aromatic carbocycles. The minimum Gasteiger partial charge on any atom is -0.496 e. The largest absolute Gasteiger partial charge is 0.496 e. The van der Waals surface area contributed by atoms with Crippen molar-refractivity contribution in [1.29, 1.82) is 0 Å². The molecule has 0 aromatic heterocycles. The molecular formula is C18H19BrO2. The zero-order valence-electron chi connectivity index (χ0n) is 12.1. The van der Waals surface area contributed by atoms with Crippen molar-refractivity contribution < 1.29 is 9.84 Å². The summed E-state index contributed by atoms with van der Waals surface area (Å²) in [5, 5.41) is 10.5. The van der Waals surface area contributed by atoms with E-state index in [1.165, 1.54) is 24.0 Å². The van der Waals surface area contributed by atoms with Crippen LogP contribution in [0, 0.1) is 0 Å². The highest BCUT2D eigenvalue weighted by atomic mass is 79.9. The van der Waals surface area contributed by atoms with Crippen LogP contribution in [0.1, 0.15) is 34.8 Å². The molecule has 0 radical (unpaired) electrons. The summed E-state index contributed by atoms with van der Waals surface area (Å²) in [4.78, 5) is 0. The van der Waals surface area contributed by atoms with Crippen LogP contribution in [0.5, 0.6) is 5.75 Å². The molecule has 0 saturated carbocycles. The Morgan fingerprint density at radius 3 is 2.71 bits per heavy atom. The maximum atomic E-state index is 10.5. The highest BCUT2D eigenvalue weighted by Gasteiger charge is 2.15. The van der Waals surface area contributed by atoms with Gasteiger partial charge in [-0.25, -0.2) is 0 Å². The van der Waals surface area contributed by atoms with Crippen molar-refractivity contribution >= 4 is 15.9 Å². The zero-order valence-corrected chi connectivity index (χ0v) is 13.7. The lowest BCUT2D eigenvalue weighted by Crippen LogP contribution is -2.03. The number of fused-ring (bicyclic) bond motifs is 1. The lowest BCUT2D eigenvalue weighted by Gasteiger charge is -2.14. The van der Waals surface area contributed by atoms with Crippen LogP contribution in [0.25, 0.3) is 0 Å². The van der Waals surface area contributed by atoms with Gasteiger partial charge in [0.05, 0.1) is 17.7 Å². The first kappa shape index (κ1) is 14.6. The highest BCUT2D eigenvalue weighted by Crippen LogP contribution is 2.29. The van der Waals surface area contributed by atoms with Gasteiger partial charge in [0.25, 0.3) is 0 Å². The fraction of sp³-hybridized carbons (Fsp3) is 0.333. The van der Waals surface area contributed by atoms with Crippen LogP contribution < -0.4 is 4.74 Å². The van der Waals surface area contributed by atoms with E-state index in [9.17, 15) is 5.11 Å². The number of hydrogen-bond acceptors (Lipinski definition) is 2. The number of aliphatic hydroxyl groups excluding tert-OH is 1. The molecule has 1 aliphatic rings. The molecule has 3 heteroatoms. The maximum Gasteiger partial charge on any atom is 0.133 e. The lowest BCUT2D eigenvalue weighted by molar-refractivity contribution is 0.178. The first-order chi connectivity index (χ1) is 10.2. The Kier molecular flexibility index (Phi) is 4.32. The van der Waals surface area contributed by atoms with Crippen molar-refractivity contribution in [1.82, 2.24) is 0 Å². The second kappa shape index (κ2) is 6.20. The molecule has 0 bridgehead atoms. The van der Waals surface area contributed by atoms with Gasteiger partial charge in [0.2, 0.25) is 0 Å². The minimum absolute atomic E-state index is 0.462. The average Bonchev–Trinajstić information content (AvgIpc) is 2.94. The van der Waals surface area contributed by atoms with Crippen LogP contribution in [0.15, 0.2) is 40.9 Å². The summed E-state index contributed by atoms with van der Waals surface area (Å²) in [5.41, 5.74) is 4.96. The predicted molar refractivity (Wildman–Crippen MR) is 87.8 cm³/mol. The van der Waals surface area contributed by atoms with Gasteiger partial charge >= 0.3 is 0 Å². The number of hydrogen-bond donors (Lipinski definition) is 1. The van der Waals surface area contributed by atoms with Gasteiger partial charge in [-0.1, -0.05) is 24.3 Å². The summed E-state index contributed by atoms with van der Waals surface area (Å²) in [6.07, 6.45) is 3.71. The van der Waals surface area contributed by atoms with Crippen molar-refractivity contribution in [2.45, 2.75) is 31.8 Å². The van der Waals surface area contributed by atoms with E-state index in [1.54, 1.807) is 7.11 Å². The Labute approximate surface area is 133 Å². The smallest absolute Gasteiger partial charge is 0.133 e. The Morgan fingerprint density at radius 1 is 1.14 bits per heavy atom. The van der Waals surface area contributed by atoms with E-state index in [0.717, 1.165) is 27.8 Å². The second-order valence-electron chi connectivity index (χ2n) is 5.57. The van der Waals surface area contributed by atoms with E-state index < -0.39 is 6.10 Å². The monoisotopic (exact) mass is 346 g/mol. The Hall–Kier alpha value is -1.32. The first-order valence-corrected chi connectivity index (χ1v) is 8.09. The average molecular weight is 347 g/mol. The molecule has 0 spiro atoms. The van der Waals surface area contributed by atoms with Crippen molar-refractivity contribution in [3.8, 4) is 5.75 Å². The molecule has 1 atom stereocenters. The number of ether oxygens (including phenoxy) is 1. The van der Waals surface area contributed by atoms with Gasteiger partial charge in [0.15, 0.2) is 0 Å². The molecular weight excluding hydrogens is 328 g/mol. The van der Waals surface area contributed by atoms with E-state index >= 15 is 0 Å². The summed E-state index contributed by atoms with van der Waals surface area (Å²) in [6.45, 7) is 0. The molecule has 2 aromatic rings. The normalized spacial score (nSPS) is 14.8. The van der Waals surface area contributed by atoms with Crippen LogP contribution in [0.3, 0.4) is 0 Å². The Bertz CT molecular complexity index is 652. The Morgan fingerprint density at radius 2 is 1.95 bits per heavy atom. The summed E-state index contributed by atoms with van der Waals surface area (Å²) in [5.74, 6) is 0.811. The third kappa shape index (κ3) is 3.14. The predicted octanol–water partition coefficient (Wildman–Crippen LogP) is 4.22. The van der Waals surface area contributed by atoms with Crippen LogP contribution >= 0.6 is 15.9 Å². The van der Waals surface area contributed by atoms with Crippen molar-refractivity contribution in [3.05, 3.63) is 63.1 Å². The summed E-state index contributed by atoms with van der Waals surface area (Å²) in [6, 6.07) is 12.3. The lowest BCUT2D eigenvalue weighted by atomic mass is 9.98. The van der Waals surface area contributed by atoms with Gasteiger partial charge < -0.3 is 9.84 Å². The van der Waals surface area contributed by atoms with Gasteiger partial charge in [-0.2, -0.15) is 0 Å². The van der Waals surface area contributed by atoms with E-state index in [4.69, 9.17) is 4.74 Å². The number of rotatable bonds is 4. The molecule has 2 nitrogen and oxygen atoms in total. The zero-order chi connectivity index (χ0) is 14.8. The van der Waals surface area contributed by atoms with Gasteiger partial charge in [0, 0.05) is 6.42 Å². The van der Waals surface area contributed by atoms with E-state index in [0.29, 0.717) is 6.42 Å². The maximum absolute atomic E-state index is 10.5. The molecule has 3 rings (SSSR count). The fourth-order valence-corrected chi connectivity index (χ4v) is 3.57. The molecule has 1 aliphatic carbocycles. The van der Waals surface area contributed by atoms with Gasteiger partial charge in [-0.05, 0) is 69.6 Å². The standard InChI is InChI=1S/C18H19BrO2/c1-21-18-8-5-12(9-16(18)19)10-17(20)15-7-6-13-3-2-4-14(13)11-15/h5-9,11,17,20H,2-4,10H2,1H3. The molecule has 0 saturated heterocycles. The van der Waals surface area contributed by atoms with Crippen molar-refractivity contribution in [3.63, 3.8) is 0 Å². The van der Waals surface area contributed by atoms with Crippen LogP contribution in [0.2, 0.25) is 0 Å². The molecule has 0 amide bonds. The highest BCUT2D eigenvalue weighted by molar-refractivity contribution is 9.10. The topological polar surface area (TPSA) is 29.5 Å². The van der Waals surface area contributed by atoms with E-state index in [2.05, 4.69) is 34.1 Å². The number of methoxy groups -OCH3 is 1.